The van der Waals surface area contributed by atoms with Crippen LogP contribution in [0.2, 0.25) is 0 Å². The maximum atomic E-state index is 6.31. The van der Waals surface area contributed by atoms with Gasteiger partial charge in [0.15, 0.2) is 11.8 Å². The lowest BCUT2D eigenvalue weighted by Gasteiger charge is -2.16. The Balaban J connectivity index is 2.07. The second-order valence-electron chi connectivity index (χ2n) is 8.53. The van der Waals surface area contributed by atoms with E-state index in [1.165, 1.54) is 22.4 Å². The molecule has 0 bridgehead atoms. The number of nitrogens with zero attached hydrogens (tertiary/aromatic N) is 2. The van der Waals surface area contributed by atoms with Gasteiger partial charge in [-0.2, -0.15) is 0 Å². The summed E-state index contributed by atoms with van der Waals surface area (Å²) in [5.74, 6) is 0.963. The Hall–Kier alpha value is -2.68. The quantitative estimate of drug-likeness (QED) is 0.392. The second kappa shape index (κ2) is 6.73. The van der Waals surface area contributed by atoms with Crippen LogP contribution in [0.5, 0.6) is 0 Å². The first kappa shape index (κ1) is 18.7. The summed E-state index contributed by atoms with van der Waals surface area (Å²) in [7, 11) is 2.13. The molecule has 0 aliphatic carbocycles. The molecule has 0 aliphatic rings. The largest absolute Gasteiger partial charge is 0.437 e. The van der Waals surface area contributed by atoms with E-state index in [1.54, 1.807) is 0 Å². The fourth-order valence-electron chi connectivity index (χ4n) is 4.15. The molecule has 3 heterocycles. The maximum Gasteiger partial charge on any atom is 0.227 e. The Morgan fingerprint density at radius 1 is 0.893 bits per heavy atom. The highest BCUT2D eigenvalue weighted by Crippen LogP contribution is 2.37. The maximum absolute atomic E-state index is 6.31. The van der Waals surface area contributed by atoms with Crippen molar-refractivity contribution in [3.63, 3.8) is 0 Å². The third-order valence-electron chi connectivity index (χ3n) is 5.69. The van der Waals surface area contributed by atoms with Gasteiger partial charge in [-0.25, -0.2) is 9.55 Å². The molecule has 0 fully saturated rings. The number of benzene rings is 1. The number of aromatic nitrogens is 2. The predicted octanol–water partition coefficient (Wildman–Crippen LogP) is 6.34. The molecule has 0 saturated heterocycles. The van der Waals surface area contributed by atoms with Crippen LogP contribution in [0.1, 0.15) is 61.9 Å². The van der Waals surface area contributed by atoms with Crippen molar-refractivity contribution >= 4 is 22.1 Å². The first-order valence-corrected chi connectivity index (χ1v) is 10.1. The molecular weight excluding hydrogens is 344 g/mol. The van der Waals surface area contributed by atoms with E-state index in [0.29, 0.717) is 17.5 Å². The summed E-state index contributed by atoms with van der Waals surface area (Å²) in [5, 5.41) is 2.20. The van der Waals surface area contributed by atoms with E-state index in [2.05, 4.69) is 81.7 Å². The number of aryl methyl sites for hydroxylation is 3. The molecule has 3 nitrogen and oxygen atoms in total. The molecule has 144 valence electrons. The molecule has 4 rings (SSSR count). The highest BCUT2D eigenvalue weighted by molar-refractivity contribution is 6.08. The average Bonchev–Trinajstić information content (AvgIpc) is 2.98. The summed E-state index contributed by atoms with van der Waals surface area (Å²) in [5.41, 5.74) is 8.99. The standard InChI is InChI=1S/C25H29N2O/c1-14(2)20-12-22(27(7)13-21(20)15(3)4)23-16(5)8-10-18-19-11-9-17(6)26-25(19)28-24(18)23/h8-15H,1-7H3/q+1. The summed E-state index contributed by atoms with van der Waals surface area (Å²) in [6.07, 6.45) is 2.29. The molecule has 0 amide bonds. The van der Waals surface area contributed by atoms with Crippen LogP contribution in [0.15, 0.2) is 40.9 Å². The van der Waals surface area contributed by atoms with E-state index < -0.39 is 0 Å². The fourth-order valence-corrected chi connectivity index (χ4v) is 4.15. The highest BCUT2D eigenvalue weighted by Gasteiger charge is 2.24. The number of fused-ring (bicyclic) bond motifs is 3. The molecule has 3 heteroatoms. The Kier molecular flexibility index (Phi) is 4.49. The van der Waals surface area contributed by atoms with Crippen LogP contribution in [0.3, 0.4) is 0 Å². The Bertz CT molecular complexity index is 1200. The molecule has 0 atom stereocenters. The predicted molar refractivity (Wildman–Crippen MR) is 116 cm³/mol. The van der Waals surface area contributed by atoms with Gasteiger partial charge in [0.25, 0.3) is 0 Å². The van der Waals surface area contributed by atoms with Gasteiger partial charge < -0.3 is 4.42 Å². The van der Waals surface area contributed by atoms with Crippen LogP contribution < -0.4 is 4.57 Å². The van der Waals surface area contributed by atoms with Gasteiger partial charge in [0, 0.05) is 28.1 Å². The summed E-state index contributed by atoms with van der Waals surface area (Å²) in [6.45, 7) is 13.2. The lowest BCUT2D eigenvalue weighted by Crippen LogP contribution is -2.32. The monoisotopic (exact) mass is 373 g/mol. The van der Waals surface area contributed by atoms with Gasteiger partial charge in [-0.15, -0.1) is 0 Å². The number of pyridine rings is 2. The van der Waals surface area contributed by atoms with E-state index in [-0.39, 0.29) is 0 Å². The molecule has 28 heavy (non-hydrogen) atoms. The van der Waals surface area contributed by atoms with Crippen molar-refractivity contribution in [1.29, 1.82) is 0 Å². The molecule has 0 spiro atoms. The Morgan fingerprint density at radius 3 is 2.25 bits per heavy atom. The molecule has 1 aromatic carbocycles. The number of rotatable bonds is 3. The topological polar surface area (TPSA) is 29.9 Å². The van der Waals surface area contributed by atoms with Crippen LogP contribution in [-0.4, -0.2) is 4.98 Å². The lowest BCUT2D eigenvalue weighted by molar-refractivity contribution is -0.660. The Labute approximate surface area is 167 Å². The number of furan rings is 1. The van der Waals surface area contributed by atoms with Gasteiger partial charge in [-0.05, 0) is 48.9 Å². The fraction of sp³-hybridized carbons (Fsp3) is 0.360. The minimum Gasteiger partial charge on any atom is -0.437 e. The van der Waals surface area contributed by atoms with Gasteiger partial charge in [-0.1, -0.05) is 39.8 Å². The average molecular weight is 374 g/mol. The molecule has 0 N–H and O–H groups in total. The van der Waals surface area contributed by atoms with E-state index in [4.69, 9.17) is 4.42 Å². The third-order valence-corrected chi connectivity index (χ3v) is 5.69. The van der Waals surface area contributed by atoms with Crippen LogP contribution in [0.4, 0.5) is 0 Å². The van der Waals surface area contributed by atoms with Crippen molar-refractivity contribution < 1.29 is 8.98 Å². The molecule has 0 aliphatic heterocycles. The highest BCUT2D eigenvalue weighted by atomic mass is 16.3. The SMILES string of the molecule is Cc1ccc2c(n1)oc1c(-c3cc(C(C)C)c(C(C)C)c[n+]3C)c(C)ccc12. The van der Waals surface area contributed by atoms with E-state index in [9.17, 15) is 0 Å². The smallest absolute Gasteiger partial charge is 0.227 e. The van der Waals surface area contributed by atoms with Crippen LogP contribution in [0.25, 0.3) is 33.3 Å². The van der Waals surface area contributed by atoms with Gasteiger partial charge in [0.1, 0.15) is 7.05 Å². The molecule has 3 aromatic heterocycles. The number of hydrogen-bond acceptors (Lipinski definition) is 2. The van der Waals surface area contributed by atoms with Crippen LogP contribution >= 0.6 is 0 Å². The van der Waals surface area contributed by atoms with Crippen molar-refractivity contribution in [1.82, 2.24) is 4.98 Å². The van der Waals surface area contributed by atoms with Gasteiger partial charge in [0.2, 0.25) is 11.4 Å². The molecular formula is C25H29N2O+. The summed E-state index contributed by atoms with van der Waals surface area (Å²) in [6, 6.07) is 10.9. The zero-order valence-corrected chi connectivity index (χ0v) is 17.9. The van der Waals surface area contributed by atoms with Crippen molar-refractivity contribution in [2.75, 3.05) is 0 Å². The minimum absolute atomic E-state index is 0.469. The van der Waals surface area contributed by atoms with Crippen molar-refractivity contribution in [2.24, 2.45) is 7.05 Å². The van der Waals surface area contributed by atoms with Crippen molar-refractivity contribution in [3.05, 3.63) is 58.9 Å². The Morgan fingerprint density at radius 2 is 1.57 bits per heavy atom. The van der Waals surface area contributed by atoms with Gasteiger partial charge in [0.05, 0.1) is 5.56 Å². The van der Waals surface area contributed by atoms with E-state index in [0.717, 1.165) is 27.6 Å². The van der Waals surface area contributed by atoms with E-state index >= 15 is 0 Å². The lowest BCUT2D eigenvalue weighted by atomic mass is 9.90. The first-order valence-electron chi connectivity index (χ1n) is 10.1. The summed E-state index contributed by atoms with van der Waals surface area (Å²) >= 11 is 0. The zero-order valence-electron chi connectivity index (χ0n) is 17.9. The normalized spacial score (nSPS) is 12.0. The van der Waals surface area contributed by atoms with Crippen LogP contribution in [-0.2, 0) is 7.05 Å². The minimum atomic E-state index is 0.469. The first-order chi connectivity index (χ1) is 13.3. The van der Waals surface area contributed by atoms with Crippen LogP contribution in [0, 0.1) is 13.8 Å². The van der Waals surface area contributed by atoms with Gasteiger partial charge in [-0.3, -0.25) is 0 Å². The zero-order chi connectivity index (χ0) is 20.2. The molecule has 0 saturated carbocycles. The molecule has 0 unspecified atom stereocenters. The molecule has 4 aromatic rings. The third kappa shape index (κ3) is 2.90. The number of hydrogen-bond donors (Lipinski definition) is 0. The molecule has 0 radical (unpaired) electrons. The summed E-state index contributed by atoms with van der Waals surface area (Å²) < 4.78 is 8.55. The van der Waals surface area contributed by atoms with E-state index in [1.807, 2.05) is 13.0 Å². The second-order valence-corrected chi connectivity index (χ2v) is 8.53. The van der Waals surface area contributed by atoms with Gasteiger partial charge >= 0.3 is 0 Å². The van der Waals surface area contributed by atoms with Crippen molar-refractivity contribution in [2.45, 2.75) is 53.4 Å². The summed E-state index contributed by atoms with van der Waals surface area (Å²) in [4.78, 5) is 4.61. The van der Waals surface area contributed by atoms with Crippen molar-refractivity contribution in [3.8, 4) is 11.3 Å².